The zero-order valence-corrected chi connectivity index (χ0v) is 14.2. The summed E-state index contributed by atoms with van der Waals surface area (Å²) in [6, 6.07) is 1.53. The topological polar surface area (TPSA) is 109 Å². The molecule has 0 aliphatic carbocycles. The molecule has 0 amide bonds. The number of anilines is 1. The van der Waals surface area contributed by atoms with Crippen molar-refractivity contribution in [2.24, 2.45) is 5.92 Å². The van der Waals surface area contributed by atoms with Gasteiger partial charge in [-0.1, -0.05) is 13.8 Å². The minimum atomic E-state index is -0.887. The Balaban J connectivity index is 1.96. The summed E-state index contributed by atoms with van der Waals surface area (Å²) in [7, 11) is 0. The fourth-order valence-electron chi connectivity index (χ4n) is 3.62. The number of rotatable bonds is 5. The van der Waals surface area contributed by atoms with E-state index in [-0.39, 0.29) is 24.6 Å². The van der Waals surface area contributed by atoms with Gasteiger partial charge >= 0.3 is 5.69 Å². The Morgan fingerprint density at radius 1 is 1.42 bits per heavy atom. The molecule has 24 heavy (non-hydrogen) atoms. The third kappa shape index (κ3) is 2.63. The number of nitrogen functional groups attached to an aromatic ring is 1. The molecule has 3 rings (SSSR count). The molecule has 3 heterocycles. The zero-order valence-electron chi connectivity index (χ0n) is 14.2. The highest BCUT2D eigenvalue weighted by Crippen LogP contribution is 2.49. The lowest BCUT2D eigenvalue weighted by molar-refractivity contribution is -0.191. The molecule has 2 saturated heterocycles. The van der Waals surface area contributed by atoms with Gasteiger partial charge < -0.3 is 25.1 Å². The van der Waals surface area contributed by atoms with Gasteiger partial charge in [0.1, 0.15) is 23.6 Å². The first-order valence-corrected chi connectivity index (χ1v) is 8.38. The molecule has 8 nitrogen and oxygen atoms in total. The number of aliphatic hydroxyl groups is 1. The van der Waals surface area contributed by atoms with Crippen LogP contribution in [0.15, 0.2) is 17.1 Å². The molecule has 3 N–H and O–H groups in total. The fraction of sp³-hybridized carbons (Fsp3) is 0.750. The third-order valence-corrected chi connectivity index (χ3v) is 5.07. The van der Waals surface area contributed by atoms with Gasteiger partial charge in [-0.3, -0.25) is 4.57 Å². The van der Waals surface area contributed by atoms with Crippen LogP contribution in [0.3, 0.4) is 0 Å². The maximum Gasteiger partial charge on any atom is 0.351 e. The Hall–Kier alpha value is -1.48. The summed E-state index contributed by atoms with van der Waals surface area (Å²) in [5.74, 6) is 0.391. The van der Waals surface area contributed by atoms with Gasteiger partial charge in [0.2, 0.25) is 0 Å². The van der Waals surface area contributed by atoms with Crippen molar-refractivity contribution in [3.8, 4) is 0 Å². The first-order chi connectivity index (χ1) is 11.4. The van der Waals surface area contributed by atoms with E-state index in [1.165, 1.54) is 16.8 Å². The molecule has 5 atom stereocenters. The quantitative estimate of drug-likeness (QED) is 0.810. The first kappa shape index (κ1) is 17.3. The molecule has 2 aliphatic rings. The Morgan fingerprint density at radius 2 is 2.12 bits per heavy atom. The normalized spacial score (nSPS) is 35.5. The number of aliphatic hydroxyl groups excluding tert-OH is 1. The maximum atomic E-state index is 12.2. The SMILES string of the molecule is CCC(CC)C1O[C@@H]2[C@@H](CO)O[C@@H](n3ccc(N)nc3=O)[C@]2(C)O1. The standard InChI is InChI=1S/C16H25N3O5/c1-4-9(5-2)13-23-12-10(8-20)22-14(16(12,3)24-13)19-7-6-11(17)18-15(19)21/h6-7,9-10,12-14,20H,4-5,8H2,1-3H3,(H2,17,18,21)/t10-,12-,13?,14-,16-/m1/s1. The summed E-state index contributed by atoms with van der Waals surface area (Å²) < 4.78 is 19.5. The number of fused-ring (bicyclic) bond motifs is 1. The molecule has 0 bridgehead atoms. The Bertz CT molecular complexity index is 647. The molecule has 8 heteroatoms. The number of hydrogen-bond acceptors (Lipinski definition) is 7. The molecule has 2 fully saturated rings. The van der Waals surface area contributed by atoms with E-state index in [1.54, 1.807) is 0 Å². The van der Waals surface area contributed by atoms with Gasteiger partial charge in [0.15, 0.2) is 12.5 Å². The van der Waals surface area contributed by atoms with Gasteiger partial charge in [0.25, 0.3) is 0 Å². The minimum Gasteiger partial charge on any atom is -0.394 e. The average molecular weight is 339 g/mol. The molecule has 1 aromatic heterocycles. The predicted molar refractivity (Wildman–Crippen MR) is 86.1 cm³/mol. The van der Waals surface area contributed by atoms with Crippen LogP contribution in [0.4, 0.5) is 5.82 Å². The lowest BCUT2D eigenvalue weighted by atomic mass is 9.96. The van der Waals surface area contributed by atoms with Gasteiger partial charge in [0.05, 0.1) is 6.61 Å². The van der Waals surface area contributed by atoms with Crippen LogP contribution in [0.2, 0.25) is 0 Å². The smallest absolute Gasteiger partial charge is 0.351 e. The van der Waals surface area contributed by atoms with Crippen molar-refractivity contribution < 1.29 is 19.3 Å². The van der Waals surface area contributed by atoms with Crippen molar-refractivity contribution >= 4 is 5.82 Å². The van der Waals surface area contributed by atoms with Crippen LogP contribution in [0.1, 0.15) is 39.8 Å². The van der Waals surface area contributed by atoms with Gasteiger partial charge in [-0.15, -0.1) is 0 Å². The highest BCUT2D eigenvalue weighted by atomic mass is 16.8. The second kappa shape index (κ2) is 6.44. The second-order valence-electron chi connectivity index (χ2n) is 6.56. The van der Waals surface area contributed by atoms with E-state index in [9.17, 15) is 9.90 Å². The van der Waals surface area contributed by atoms with Crippen molar-refractivity contribution in [1.82, 2.24) is 9.55 Å². The summed E-state index contributed by atoms with van der Waals surface area (Å²) in [6.07, 6.45) is 1.23. The van der Waals surface area contributed by atoms with E-state index in [2.05, 4.69) is 18.8 Å². The van der Waals surface area contributed by atoms with Crippen molar-refractivity contribution in [2.75, 3.05) is 12.3 Å². The summed E-state index contributed by atoms with van der Waals surface area (Å²) in [4.78, 5) is 16.0. The van der Waals surface area contributed by atoms with Gasteiger partial charge in [-0.05, 0) is 25.8 Å². The Labute approximate surface area is 140 Å². The van der Waals surface area contributed by atoms with Gasteiger partial charge in [-0.2, -0.15) is 4.98 Å². The molecular weight excluding hydrogens is 314 g/mol. The molecule has 1 aromatic rings. The fourth-order valence-corrected chi connectivity index (χ4v) is 3.62. The highest BCUT2D eigenvalue weighted by Gasteiger charge is 2.62. The maximum absolute atomic E-state index is 12.2. The average Bonchev–Trinajstić information content (AvgIpc) is 3.01. The molecular formula is C16H25N3O5. The number of aromatic nitrogens is 2. The molecule has 0 aromatic carbocycles. The molecule has 0 radical (unpaired) electrons. The van der Waals surface area contributed by atoms with E-state index in [4.69, 9.17) is 19.9 Å². The van der Waals surface area contributed by atoms with Crippen molar-refractivity contribution in [3.63, 3.8) is 0 Å². The van der Waals surface area contributed by atoms with E-state index >= 15 is 0 Å². The first-order valence-electron chi connectivity index (χ1n) is 8.38. The lowest BCUT2D eigenvalue weighted by Gasteiger charge is -2.30. The second-order valence-corrected chi connectivity index (χ2v) is 6.56. The molecule has 2 aliphatic heterocycles. The van der Waals surface area contributed by atoms with Crippen LogP contribution < -0.4 is 11.4 Å². The van der Waals surface area contributed by atoms with Crippen LogP contribution >= 0.6 is 0 Å². The summed E-state index contributed by atoms with van der Waals surface area (Å²) >= 11 is 0. The summed E-state index contributed by atoms with van der Waals surface area (Å²) in [6.45, 7) is 5.81. The van der Waals surface area contributed by atoms with Crippen LogP contribution in [-0.2, 0) is 14.2 Å². The van der Waals surface area contributed by atoms with Gasteiger partial charge in [-0.25, -0.2) is 4.79 Å². The van der Waals surface area contributed by atoms with Crippen LogP contribution in [0, 0.1) is 5.92 Å². The number of ether oxygens (including phenoxy) is 3. The minimum absolute atomic E-state index is 0.146. The van der Waals surface area contributed by atoms with Crippen molar-refractivity contribution in [1.29, 1.82) is 0 Å². The zero-order chi connectivity index (χ0) is 17.5. The van der Waals surface area contributed by atoms with Crippen LogP contribution in [-0.4, -0.2) is 45.4 Å². The van der Waals surface area contributed by atoms with E-state index in [0.717, 1.165) is 12.8 Å². The van der Waals surface area contributed by atoms with Crippen molar-refractivity contribution in [3.05, 3.63) is 22.7 Å². The summed E-state index contributed by atoms with van der Waals surface area (Å²) in [5.41, 5.74) is 4.15. The number of nitrogens with zero attached hydrogens (tertiary/aromatic N) is 2. The van der Waals surface area contributed by atoms with E-state index < -0.39 is 29.7 Å². The van der Waals surface area contributed by atoms with E-state index in [1.807, 2.05) is 6.92 Å². The molecule has 0 spiro atoms. The monoisotopic (exact) mass is 339 g/mol. The van der Waals surface area contributed by atoms with Crippen LogP contribution in [0.25, 0.3) is 0 Å². The lowest BCUT2D eigenvalue weighted by Crippen LogP contribution is -2.44. The van der Waals surface area contributed by atoms with Crippen molar-refractivity contribution in [2.45, 2.75) is 63.9 Å². The third-order valence-electron chi connectivity index (χ3n) is 5.07. The number of hydrogen-bond donors (Lipinski definition) is 2. The number of nitrogens with two attached hydrogens (primary N) is 1. The largest absolute Gasteiger partial charge is 0.394 e. The van der Waals surface area contributed by atoms with E-state index in [0.29, 0.717) is 0 Å². The highest BCUT2D eigenvalue weighted by molar-refractivity contribution is 5.24. The predicted octanol–water partition coefficient (Wildman–Crippen LogP) is 0.652. The van der Waals surface area contributed by atoms with Gasteiger partial charge in [0, 0.05) is 12.1 Å². The molecule has 1 unspecified atom stereocenters. The van der Waals surface area contributed by atoms with Crippen LogP contribution in [0.5, 0.6) is 0 Å². The molecule has 0 saturated carbocycles. The Morgan fingerprint density at radius 3 is 2.71 bits per heavy atom. The summed E-state index contributed by atoms with van der Waals surface area (Å²) in [5, 5.41) is 9.66. The Kier molecular flexibility index (Phi) is 4.65. The molecule has 134 valence electrons.